The number of carboxylic acid groups (broad SMARTS) is 1. The van der Waals surface area contributed by atoms with Gasteiger partial charge >= 0.3 is 5.97 Å². The van der Waals surface area contributed by atoms with Gasteiger partial charge in [0.25, 0.3) is 5.91 Å². The van der Waals surface area contributed by atoms with Crippen LogP contribution in [0.4, 0.5) is 0 Å². The van der Waals surface area contributed by atoms with Gasteiger partial charge in [0, 0.05) is 13.0 Å². The monoisotopic (exact) mass is 212 g/mol. The molecule has 0 aromatic carbocycles. The number of aryl methyl sites for hydroxylation is 1. The van der Waals surface area contributed by atoms with E-state index in [0.29, 0.717) is 18.7 Å². The van der Waals surface area contributed by atoms with Crippen molar-refractivity contribution in [2.75, 3.05) is 6.54 Å². The number of nitrogens with zero attached hydrogens (tertiary/aromatic N) is 1. The van der Waals surface area contributed by atoms with Crippen molar-refractivity contribution in [3.63, 3.8) is 0 Å². The Kier molecular flexibility index (Phi) is 3.84. The van der Waals surface area contributed by atoms with Crippen LogP contribution in [0.15, 0.2) is 10.8 Å². The molecular weight excluding hydrogens is 200 g/mol. The Balaban J connectivity index is 2.31. The van der Waals surface area contributed by atoms with Crippen molar-refractivity contribution in [1.29, 1.82) is 0 Å². The predicted octanol–water partition coefficient (Wildman–Crippen LogP) is 0.578. The molecule has 1 aromatic rings. The number of aromatic nitrogens is 1. The second-order valence-electron chi connectivity index (χ2n) is 3.01. The summed E-state index contributed by atoms with van der Waals surface area (Å²) in [4.78, 5) is 25.3. The maximum Gasteiger partial charge on any atom is 0.303 e. The summed E-state index contributed by atoms with van der Waals surface area (Å²) in [6.07, 6.45) is 1.64. The maximum atomic E-state index is 11.4. The van der Waals surface area contributed by atoms with Crippen LogP contribution in [0, 0.1) is 6.92 Å². The Bertz CT molecular complexity index is 359. The molecule has 6 nitrogen and oxygen atoms in total. The standard InChI is InChI=1S/C9H12N2O4/c1-6-8(11-5-15-6)9(14)10-4-2-3-7(12)13/h5H,2-4H2,1H3,(H,10,14)(H,12,13). The average molecular weight is 212 g/mol. The van der Waals surface area contributed by atoms with E-state index in [-0.39, 0.29) is 18.0 Å². The fourth-order valence-electron chi connectivity index (χ4n) is 1.05. The zero-order valence-electron chi connectivity index (χ0n) is 8.32. The lowest BCUT2D eigenvalue weighted by Crippen LogP contribution is -2.25. The molecule has 82 valence electrons. The minimum absolute atomic E-state index is 0.0398. The maximum absolute atomic E-state index is 11.4. The van der Waals surface area contributed by atoms with E-state index in [9.17, 15) is 9.59 Å². The number of carbonyl (C=O) groups excluding carboxylic acids is 1. The fraction of sp³-hybridized carbons (Fsp3) is 0.444. The summed E-state index contributed by atoms with van der Waals surface area (Å²) in [6, 6.07) is 0. The van der Waals surface area contributed by atoms with Crippen LogP contribution >= 0.6 is 0 Å². The SMILES string of the molecule is Cc1ocnc1C(=O)NCCCC(=O)O. The second kappa shape index (κ2) is 5.14. The molecule has 1 rings (SSSR count). The fourth-order valence-corrected chi connectivity index (χ4v) is 1.05. The Hall–Kier alpha value is -1.85. The van der Waals surface area contributed by atoms with Crippen LogP contribution < -0.4 is 5.32 Å². The molecular formula is C9H12N2O4. The number of hydrogen-bond donors (Lipinski definition) is 2. The van der Waals surface area contributed by atoms with Crippen molar-refractivity contribution in [1.82, 2.24) is 10.3 Å². The van der Waals surface area contributed by atoms with Crippen LogP contribution in [0.25, 0.3) is 0 Å². The highest BCUT2D eigenvalue weighted by atomic mass is 16.4. The van der Waals surface area contributed by atoms with Crippen LogP contribution in [0.3, 0.4) is 0 Å². The van der Waals surface area contributed by atoms with Crippen molar-refractivity contribution in [3.8, 4) is 0 Å². The lowest BCUT2D eigenvalue weighted by atomic mass is 10.3. The number of nitrogens with one attached hydrogen (secondary N) is 1. The molecule has 15 heavy (non-hydrogen) atoms. The lowest BCUT2D eigenvalue weighted by molar-refractivity contribution is -0.137. The Morgan fingerprint density at radius 3 is 2.87 bits per heavy atom. The normalized spacial score (nSPS) is 9.93. The molecule has 0 aliphatic carbocycles. The number of carbonyl (C=O) groups is 2. The van der Waals surface area contributed by atoms with Crippen molar-refractivity contribution in [2.24, 2.45) is 0 Å². The summed E-state index contributed by atoms with van der Waals surface area (Å²) in [5, 5.41) is 10.9. The van der Waals surface area contributed by atoms with Gasteiger partial charge in [-0.15, -0.1) is 0 Å². The highest BCUT2D eigenvalue weighted by molar-refractivity contribution is 5.93. The van der Waals surface area contributed by atoms with Gasteiger partial charge in [0.2, 0.25) is 0 Å². The highest BCUT2D eigenvalue weighted by Crippen LogP contribution is 2.03. The minimum Gasteiger partial charge on any atom is -0.481 e. The van der Waals surface area contributed by atoms with E-state index in [0.717, 1.165) is 0 Å². The zero-order chi connectivity index (χ0) is 11.3. The van der Waals surface area contributed by atoms with E-state index in [4.69, 9.17) is 9.52 Å². The first-order chi connectivity index (χ1) is 7.11. The summed E-state index contributed by atoms with van der Waals surface area (Å²) >= 11 is 0. The third-order valence-corrected chi connectivity index (χ3v) is 1.81. The van der Waals surface area contributed by atoms with Crippen LogP contribution in [0.5, 0.6) is 0 Å². The molecule has 0 atom stereocenters. The molecule has 0 unspecified atom stereocenters. The van der Waals surface area contributed by atoms with Gasteiger partial charge in [-0.1, -0.05) is 0 Å². The first-order valence-corrected chi connectivity index (χ1v) is 4.51. The third kappa shape index (κ3) is 3.41. The second-order valence-corrected chi connectivity index (χ2v) is 3.01. The lowest BCUT2D eigenvalue weighted by Gasteiger charge is -2.01. The Labute approximate surface area is 86.3 Å². The summed E-state index contributed by atoms with van der Waals surface area (Å²) in [5.41, 5.74) is 0.241. The quantitative estimate of drug-likeness (QED) is 0.696. The first kappa shape index (κ1) is 11.2. The number of hydrogen-bond acceptors (Lipinski definition) is 4. The Morgan fingerprint density at radius 1 is 1.60 bits per heavy atom. The largest absolute Gasteiger partial charge is 0.481 e. The predicted molar refractivity (Wildman–Crippen MR) is 50.4 cm³/mol. The van der Waals surface area contributed by atoms with E-state index in [2.05, 4.69) is 10.3 Å². The molecule has 1 heterocycles. The smallest absolute Gasteiger partial charge is 0.303 e. The topological polar surface area (TPSA) is 92.4 Å². The van der Waals surface area contributed by atoms with Crippen molar-refractivity contribution in [2.45, 2.75) is 19.8 Å². The van der Waals surface area contributed by atoms with Crippen molar-refractivity contribution >= 4 is 11.9 Å². The van der Waals surface area contributed by atoms with Gasteiger partial charge in [0.15, 0.2) is 12.1 Å². The molecule has 1 amide bonds. The van der Waals surface area contributed by atoms with Gasteiger partial charge in [-0.05, 0) is 13.3 Å². The molecule has 0 radical (unpaired) electrons. The minimum atomic E-state index is -0.873. The average Bonchev–Trinajstić information content (AvgIpc) is 2.58. The highest BCUT2D eigenvalue weighted by Gasteiger charge is 2.12. The van der Waals surface area contributed by atoms with Crippen LogP contribution in [0.1, 0.15) is 29.1 Å². The van der Waals surface area contributed by atoms with E-state index >= 15 is 0 Å². The van der Waals surface area contributed by atoms with Crippen molar-refractivity contribution < 1.29 is 19.1 Å². The van der Waals surface area contributed by atoms with Gasteiger partial charge in [0.1, 0.15) is 5.76 Å². The molecule has 0 bridgehead atoms. The molecule has 0 aliphatic rings. The van der Waals surface area contributed by atoms with E-state index < -0.39 is 5.97 Å². The molecule has 0 saturated heterocycles. The molecule has 0 fully saturated rings. The Morgan fingerprint density at radius 2 is 2.33 bits per heavy atom. The van der Waals surface area contributed by atoms with Gasteiger partial charge < -0.3 is 14.8 Å². The first-order valence-electron chi connectivity index (χ1n) is 4.51. The summed E-state index contributed by atoms with van der Waals surface area (Å²) in [6.45, 7) is 1.95. The number of rotatable bonds is 5. The molecule has 0 saturated carbocycles. The van der Waals surface area contributed by atoms with E-state index in [1.54, 1.807) is 6.92 Å². The third-order valence-electron chi connectivity index (χ3n) is 1.81. The van der Waals surface area contributed by atoms with Gasteiger partial charge in [0.05, 0.1) is 0 Å². The molecule has 6 heteroatoms. The summed E-state index contributed by atoms with van der Waals surface area (Å²) in [7, 11) is 0. The number of oxazole rings is 1. The molecule has 0 aliphatic heterocycles. The van der Waals surface area contributed by atoms with Crippen LogP contribution in [0.2, 0.25) is 0 Å². The van der Waals surface area contributed by atoms with Gasteiger partial charge in [-0.25, -0.2) is 4.98 Å². The summed E-state index contributed by atoms with van der Waals surface area (Å²) < 4.78 is 4.86. The van der Waals surface area contributed by atoms with E-state index in [1.165, 1.54) is 6.39 Å². The van der Waals surface area contributed by atoms with Crippen LogP contribution in [-0.4, -0.2) is 28.5 Å². The zero-order valence-corrected chi connectivity index (χ0v) is 8.32. The number of amides is 1. The number of carboxylic acids is 1. The van der Waals surface area contributed by atoms with Crippen molar-refractivity contribution in [3.05, 3.63) is 17.8 Å². The van der Waals surface area contributed by atoms with E-state index in [1.807, 2.05) is 0 Å². The summed E-state index contributed by atoms with van der Waals surface area (Å²) in [5.74, 6) is -0.765. The molecule has 2 N–H and O–H groups in total. The van der Waals surface area contributed by atoms with Gasteiger partial charge in [-0.3, -0.25) is 9.59 Å². The van der Waals surface area contributed by atoms with Gasteiger partial charge in [-0.2, -0.15) is 0 Å². The number of aliphatic carboxylic acids is 1. The molecule has 1 aromatic heterocycles. The van der Waals surface area contributed by atoms with Crippen LogP contribution in [-0.2, 0) is 4.79 Å². The molecule has 0 spiro atoms.